The Hall–Kier alpha value is -1.71. The van der Waals surface area contributed by atoms with Crippen LogP contribution >= 0.6 is 0 Å². The van der Waals surface area contributed by atoms with Crippen molar-refractivity contribution in [3.05, 3.63) is 0 Å². The molecule has 0 amide bonds. The van der Waals surface area contributed by atoms with Crippen LogP contribution in [0.1, 0.15) is 233 Å². The molecule has 0 aliphatic rings. The standard InChI is InChI=1S/C51H101N3O6/c1-6-9-12-15-18-21-24-27-30-33-46-58-49(55)36-39-53(40-37-50(56)59-47-34-31-28-25-22-19-16-13-10-7-2)44-45-54(43-42-52(4)5)41-38-51(57)60-48-35-32-29-26-23-20-17-14-11-8-3/h6-48H2,1-5H3. The summed E-state index contributed by atoms with van der Waals surface area (Å²) in [7, 11) is 4.13. The molecule has 0 atom stereocenters. The lowest BCUT2D eigenvalue weighted by atomic mass is 10.1. The van der Waals surface area contributed by atoms with Crippen LogP contribution in [0.25, 0.3) is 0 Å². The van der Waals surface area contributed by atoms with Gasteiger partial charge in [-0.1, -0.05) is 194 Å². The van der Waals surface area contributed by atoms with Crippen LogP contribution in [0.15, 0.2) is 0 Å². The minimum atomic E-state index is -0.172. The Morgan fingerprint density at radius 3 is 0.767 bits per heavy atom. The first kappa shape index (κ1) is 58.3. The first-order valence-electron chi connectivity index (χ1n) is 25.9. The Labute approximate surface area is 372 Å². The number of hydrogen-bond acceptors (Lipinski definition) is 9. The number of ether oxygens (including phenoxy) is 3. The van der Waals surface area contributed by atoms with Gasteiger partial charge in [0.05, 0.1) is 39.1 Å². The van der Waals surface area contributed by atoms with Gasteiger partial charge in [-0.05, 0) is 33.4 Å². The highest BCUT2D eigenvalue weighted by atomic mass is 16.5. The molecule has 0 radical (unpaired) electrons. The van der Waals surface area contributed by atoms with Crippen molar-refractivity contribution in [1.29, 1.82) is 0 Å². The molecule has 0 aromatic carbocycles. The molecule has 9 heteroatoms. The highest BCUT2D eigenvalue weighted by Crippen LogP contribution is 2.13. The predicted molar refractivity (Wildman–Crippen MR) is 254 cm³/mol. The van der Waals surface area contributed by atoms with Gasteiger partial charge in [-0.3, -0.25) is 14.4 Å². The third-order valence-corrected chi connectivity index (χ3v) is 11.8. The van der Waals surface area contributed by atoms with Crippen molar-refractivity contribution in [3.63, 3.8) is 0 Å². The minimum absolute atomic E-state index is 0.132. The lowest BCUT2D eigenvalue weighted by Crippen LogP contribution is -2.40. The smallest absolute Gasteiger partial charge is 0.307 e. The monoisotopic (exact) mass is 852 g/mol. The molecule has 0 rings (SSSR count). The van der Waals surface area contributed by atoms with Gasteiger partial charge in [0.1, 0.15) is 0 Å². The Morgan fingerprint density at radius 2 is 0.517 bits per heavy atom. The number of nitrogens with zero attached hydrogens (tertiary/aromatic N) is 3. The van der Waals surface area contributed by atoms with E-state index in [2.05, 4.69) is 49.6 Å². The molecule has 0 heterocycles. The van der Waals surface area contributed by atoms with Crippen LogP contribution < -0.4 is 0 Å². The first-order chi connectivity index (χ1) is 29.3. The highest BCUT2D eigenvalue weighted by molar-refractivity contribution is 5.70. The van der Waals surface area contributed by atoms with Crippen molar-refractivity contribution in [1.82, 2.24) is 14.7 Å². The normalized spacial score (nSPS) is 11.6. The van der Waals surface area contributed by atoms with Gasteiger partial charge in [0.25, 0.3) is 0 Å². The van der Waals surface area contributed by atoms with Crippen LogP contribution in [0, 0.1) is 0 Å². The number of likely N-dealkylation sites (N-methyl/N-ethyl adjacent to an activating group) is 1. The Morgan fingerprint density at radius 1 is 0.300 bits per heavy atom. The van der Waals surface area contributed by atoms with Crippen molar-refractivity contribution in [2.24, 2.45) is 0 Å². The number of carbonyl (C=O) groups excluding carboxylic acids is 3. The molecule has 0 aliphatic carbocycles. The summed E-state index contributed by atoms with van der Waals surface area (Å²) in [6.45, 7) is 13.1. The van der Waals surface area contributed by atoms with E-state index < -0.39 is 0 Å². The molecule has 9 nitrogen and oxygen atoms in total. The third-order valence-electron chi connectivity index (χ3n) is 11.8. The van der Waals surface area contributed by atoms with Crippen LogP contribution in [0.2, 0.25) is 0 Å². The molecule has 0 aliphatic heterocycles. The molecule has 0 N–H and O–H groups in total. The van der Waals surface area contributed by atoms with Gasteiger partial charge in [0.2, 0.25) is 0 Å². The largest absolute Gasteiger partial charge is 0.466 e. The highest BCUT2D eigenvalue weighted by Gasteiger charge is 2.16. The summed E-state index contributed by atoms with van der Waals surface area (Å²) >= 11 is 0. The van der Waals surface area contributed by atoms with E-state index in [0.29, 0.717) is 65.3 Å². The van der Waals surface area contributed by atoms with Gasteiger partial charge in [-0.2, -0.15) is 0 Å². The Kier molecular flexibility index (Phi) is 45.5. The molecular weight excluding hydrogens is 751 g/mol. The number of carbonyl (C=O) groups is 3. The summed E-state index contributed by atoms with van der Waals surface area (Å²) in [5.41, 5.74) is 0. The molecular formula is C51H101N3O6. The van der Waals surface area contributed by atoms with Crippen molar-refractivity contribution < 1.29 is 28.6 Å². The molecule has 60 heavy (non-hydrogen) atoms. The van der Waals surface area contributed by atoms with Gasteiger partial charge >= 0.3 is 17.9 Å². The fourth-order valence-electron chi connectivity index (χ4n) is 7.59. The fraction of sp³-hybridized carbons (Fsp3) is 0.941. The SMILES string of the molecule is CCCCCCCCCCCCOC(=O)CCN(CCC(=O)OCCCCCCCCCCCC)CCN(CCC(=O)OCCCCCCCCCCCC)CCN(C)C. The summed E-state index contributed by atoms with van der Waals surface area (Å²) < 4.78 is 16.9. The predicted octanol–water partition coefficient (Wildman–Crippen LogP) is 12.7. The topological polar surface area (TPSA) is 88.6 Å². The molecule has 356 valence electrons. The summed E-state index contributed by atoms with van der Waals surface area (Å²) in [5.74, 6) is -0.476. The molecule has 0 aromatic heterocycles. The zero-order valence-corrected chi connectivity index (χ0v) is 40.7. The zero-order valence-electron chi connectivity index (χ0n) is 40.7. The van der Waals surface area contributed by atoms with Gasteiger partial charge < -0.3 is 28.9 Å². The Bertz CT molecular complexity index is 893. The van der Waals surface area contributed by atoms with E-state index in [9.17, 15) is 14.4 Å². The molecule has 0 bridgehead atoms. The minimum Gasteiger partial charge on any atom is -0.466 e. The maximum atomic E-state index is 12.8. The number of hydrogen-bond donors (Lipinski definition) is 0. The van der Waals surface area contributed by atoms with E-state index >= 15 is 0 Å². The second-order valence-electron chi connectivity index (χ2n) is 17.9. The van der Waals surface area contributed by atoms with Crippen molar-refractivity contribution in [2.45, 2.75) is 233 Å². The van der Waals surface area contributed by atoms with E-state index in [1.54, 1.807) is 0 Å². The molecule has 0 spiro atoms. The van der Waals surface area contributed by atoms with Gasteiger partial charge in [-0.25, -0.2) is 0 Å². The quantitative estimate of drug-likeness (QED) is 0.0337. The van der Waals surface area contributed by atoms with Crippen LogP contribution in [-0.2, 0) is 28.6 Å². The Balaban J connectivity index is 4.78. The maximum Gasteiger partial charge on any atom is 0.307 e. The van der Waals surface area contributed by atoms with E-state index in [4.69, 9.17) is 14.2 Å². The van der Waals surface area contributed by atoms with Crippen LogP contribution in [0.4, 0.5) is 0 Å². The van der Waals surface area contributed by atoms with Gasteiger partial charge in [0.15, 0.2) is 0 Å². The van der Waals surface area contributed by atoms with Crippen LogP contribution in [-0.4, -0.2) is 112 Å². The first-order valence-corrected chi connectivity index (χ1v) is 25.9. The molecule has 0 aromatic rings. The molecule has 0 saturated heterocycles. The fourth-order valence-corrected chi connectivity index (χ4v) is 7.59. The van der Waals surface area contributed by atoms with Crippen molar-refractivity contribution >= 4 is 17.9 Å². The van der Waals surface area contributed by atoms with E-state index in [1.165, 1.54) is 154 Å². The van der Waals surface area contributed by atoms with E-state index in [-0.39, 0.29) is 17.9 Å². The lowest BCUT2D eigenvalue weighted by Gasteiger charge is -2.28. The maximum absolute atomic E-state index is 12.8. The zero-order chi connectivity index (χ0) is 44.0. The lowest BCUT2D eigenvalue weighted by molar-refractivity contribution is -0.145. The van der Waals surface area contributed by atoms with Gasteiger partial charge in [-0.15, -0.1) is 0 Å². The van der Waals surface area contributed by atoms with Crippen LogP contribution in [0.3, 0.4) is 0 Å². The summed E-state index contributed by atoms with van der Waals surface area (Å²) in [6, 6.07) is 0. The molecule has 0 saturated carbocycles. The average Bonchev–Trinajstić information content (AvgIpc) is 3.23. The average molecular weight is 852 g/mol. The van der Waals surface area contributed by atoms with E-state index in [0.717, 1.165) is 58.2 Å². The second kappa shape index (κ2) is 46.8. The van der Waals surface area contributed by atoms with E-state index in [1.807, 2.05) is 0 Å². The number of rotatable bonds is 48. The molecule has 0 fully saturated rings. The second-order valence-corrected chi connectivity index (χ2v) is 17.9. The van der Waals surface area contributed by atoms with Crippen LogP contribution in [0.5, 0.6) is 0 Å². The number of esters is 3. The summed E-state index contributed by atoms with van der Waals surface area (Å²) in [6.07, 6.45) is 38.5. The van der Waals surface area contributed by atoms with Gasteiger partial charge in [0, 0.05) is 45.8 Å². The third kappa shape index (κ3) is 44.3. The van der Waals surface area contributed by atoms with Crippen molar-refractivity contribution in [3.8, 4) is 0 Å². The molecule has 0 unspecified atom stereocenters. The summed E-state index contributed by atoms with van der Waals surface area (Å²) in [5, 5.41) is 0. The summed E-state index contributed by atoms with van der Waals surface area (Å²) in [4.78, 5) is 44.9. The number of unbranched alkanes of at least 4 members (excludes halogenated alkanes) is 27. The van der Waals surface area contributed by atoms with Crippen molar-refractivity contribution in [2.75, 3.05) is 79.7 Å².